The van der Waals surface area contributed by atoms with Gasteiger partial charge in [0.15, 0.2) is 0 Å². The van der Waals surface area contributed by atoms with Crippen LogP contribution < -0.4 is 9.47 Å². The summed E-state index contributed by atoms with van der Waals surface area (Å²) in [6, 6.07) is 4.51. The monoisotopic (exact) mass is 363 g/mol. The second kappa shape index (κ2) is 8.12. The number of hydrogen-bond acceptors (Lipinski definition) is 7. The summed E-state index contributed by atoms with van der Waals surface area (Å²) in [6.45, 7) is 7.35. The molecule has 0 aromatic carbocycles. The summed E-state index contributed by atoms with van der Waals surface area (Å²) in [4.78, 5) is 12.3. The maximum atomic E-state index is 11.2. The molecule has 0 unspecified atom stereocenters. The Morgan fingerprint density at radius 1 is 1.24 bits per heavy atom. The fourth-order valence-electron chi connectivity index (χ4n) is 3.09. The molecule has 25 heavy (non-hydrogen) atoms. The molecule has 1 aliphatic heterocycles. The van der Waals surface area contributed by atoms with Crippen LogP contribution in [0.4, 0.5) is 0 Å². The average Bonchev–Trinajstić information content (AvgIpc) is 3.11. The molecule has 1 N–H and O–H groups in total. The van der Waals surface area contributed by atoms with Crippen molar-refractivity contribution in [3.63, 3.8) is 0 Å². The van der Waals surface area contributed by atoms with Crippen molar-refractivity contribution in [2.24, 2.45) is 0 Å². The van der Waals surface area contributed by atoms with Gasteiger partial charge in [0.05, 0.1) is 24.4 Å². The number of aliphatic hydroxyl groups is 1. The molecule has 0 aliphatic carbocycles. The van der Waals surface area contributed by atoms with Gasteiger partial charge in [-0.3, -0.25) is 4.90 Å². The van der Waals surface area contributed by atoms with E-state index in [1.807, 2.05) is 13.8 Å². The van der Waals surface area contributed by atoms with E-state index in [4.69, 9.17) is 9.47 Å². The first-order valence-corrected chi connectivity index (χ1v) is 9.63. The average molecular weight is 363 g/mol. The highest BCUT2D eigenvalue weighted by molar-refractivity contribution is 7.09. The molecule has 7 heteroatoms. The summed E-state index contributed by atoms with van der Waals surface area (Å²) in [5, 5.41) is 13.3. The summed E-state index contributed by atoms with van der Waals surface area (Å²) in [7, 11) is 0. The van der Waals surface area contributed by atoms with Gasteiger partial charge >= 0.3 is 6.01 Å². The zero-order chi connectivity index (χ0) is 17.7. The number of likely N-dealkylation sites (tertiary alicyclic amines) is 1. The lowest BCUT2D eigenvalue weighted by molar-refractivity contribution is -0.0301. The Morgan fingerprint density at radius 3 is 2.64 bits per heavy atom. The normalized spacial score (nSPS) is 17.4. The third-order valence-corrected chi connectivity index (χ3v) is 5.29. The van der Waals surface area contributed by atoms with Crippen molar-refractivity contribution in [2.45, 2.75) is 38.8 Å². The molecule has 0 atom stereocenters. The van der Waals surface area contributed by atoms with Crippen LogP contribution in [0.5, 0.6) is 11.9 Å². The van der Waals surface area contributed by atoms with Crippen molar-refractivity contribution in [2.75, 3.05) is 26.3 Å². The van der Waals surface area contributed by atoms with Crippen LogP contribution in [0, 0.1) is 0 Å². The highest BCUT2D eigenvalue weighted by Gasteiger charge is 2.37. The summed E-state index contributed by atoms with van der Waals surface area (Å²) in [6.07, 6.45) is 2.92. The van der Waals surface area contributed by atoms with Gasteiger partial charge in [0, 0.05) is 30.7 Å². The number of aromatic nitrogens is 2. The number of thiophene rings is 1. The molecule has 136 valence electrons. The van der Waals surface area contributed by atoms with Gasteiger partial charge in [0.2, 0.25) is 5.88 Å². The molecule has 0 bridgehead atoms. The smallest absolute Gasteiger partial charge is 0.319 e. The lowest BCUT2D eigenvalue weighted by Crippen LogP contribution is -2.42. The van der Waals surface area contributed by atoms with E-state index in [1.165, 1.54) is 4.88 Å². The minimum Gasteiger partial charge on any atom is -0.478 e. The van der Waals surface area contributed by atoms with Gasteiger partial charge in [-0.2, -0.15) is 4.98 Å². The van der Waals surface area contributed by atoms with Crippen molar-refractivity contribution in [1.29, 1.82) is 0 Å². The fraction of sp³-hybridized carbons (Fsp3) is 0.556. The number of nitrogens with zero attached hydrogens (tertiary/aromatic N) is 3. The summed E-state index contributed by atoms with van der Waals surface area (Å²) < 4.78 is 11.0. The van der Waals surface area contributed by atoms with Crippen molar-refractivity contribution in [1.82, 2.24) is 14.9 Å². The Labute approximate surface area is 152 Å². The molecule has 1 fully saturated rings. The maximum absolute atomic E-state index is 11.2. The number of piperidine rings is 1. The van der Waals surface area contributed by atoms with Crippen LogP contribution in [-0.2, 0) is 12.1 Å². The Balaban J connectivity index is 1.72. The van der Waals surface area contributed by atoms with Gasteiger partial charge in [-0.1, -0.05) is 6.07 Å². The van der Waals surface area contributed by atoms with Crippen molar-refractivity contribution in [3.8, 4) is 11.9 Å². The summed E-state index contributed by atoms with van der Waals surface area (Å²) in [5.74, 6) is 0.426. The van der Waals surface area contributed by atoms with Crippen LogP contribution in [0.15, 0.2) is 23.7 Å². The van der Waals surface area contributed by atoms with E-state index in [-0.39, 0.29) is 6.01 Å². The van der Waals surface area contributed by atoms with Crippen LogP contribution in [0.2, 0.25) is 0 Å². The standard InChI is InChI=1S/C18H25N3O3S/c1-3-23-16-15(12-19-17(20-16)24-4-2)18(22)7-9-21(10-8-18)13-14-6-5-11-25-14/h5-6,11-12,22H,3-4,7-10,13H2,1-2H3. The molecule has 0 radical (unpaired) electrons. The second-order valence-electron chi connectivity index (χ2n) is 6.12. The third-order valence-electron chi connectivity index (χ3n) is 4.43. The van der Waals surface area contributed by atoms with E-state index in [0.29, 0.717) is 37.5 Å². The summed E-state index contributed by atoms with van der Waals surface area (Å²) in [5.41, 5.74) is -0.296. The Bertz CT molecular complexity index is 670. The Morgan fingerprint density at radius 2 is 2.00 bits per heavy atom. The molecule has 3 heterocycles. The van der Waals surface area contributed by atoms with Gasteiger partial charge in [0.1, 0.15) is 0 Å². The third kappa shape index (κ3) is 4.29. The number of rotatable bonds is 7. The summed E-state index contributed by atoms with van der Waals surface area (Å²) >= 11 is 1.77. The lowest BCUT2D eigenvalue weighted by Gasteiger charge is -2.38. The van der Waals surface area contributed by atoms with Crippen LogP contribution >= 0.6 is 11.3 Å². The lowest BCUT2D eigenvalue weighted by atomic mass is 9.85. The van der Waals surface area contributed by atoms with Gasteiger partial charge in [-0.05, 0) is 38.1 Å². The van der Waals surface area contributed by atoms with Crippen LogP contribution in [0.3, 0.4) is 0 Å². The molecule has 2 aromatic rings. The molecule has 3 rings (SSSR count). The van der Waals surface area contributed by atoms with E-state index in [1.54, 1.807) is 17.5 Å². The van der Waals surface area contributed by atoms with Crippen LogP contribution in [0.1, 0.15) is 37.1 Å². The maximum Gasteiger partial charge on any atom is 0.319 e. The van der Waals surface area contributed by atoms with Crippen molar-refractivity contribution < 1.29 is 14.6 Å². The highest BCUT2D eigenvalue weighted by atomic mass is 32.1. The van der Waals surface area contributed by atoms with Gasteiger partial charge in [0.25, 0.3) is 0 Å². The first kappa shape index (κ1) is 18.1. The van der Waals surface area contributed by atoms with Crippen molar-refractivity contribution >= 4 is 11.3 Å². The van der Waals surface area contributed by atoms with Gasteiger partial charge < -0.3 is 14.6 Å². The van der Waals surface area contributed by atoms with E-state index in [0.717, 1.165) is 19.6 Å². The molecule has 1 aliphatic rings. The van der Waals surface area contributed by atoms with Crippen LogP contribution in [-0.4, -0.2) is 46.3 Å². The Kier molecular flexibility index (Phi) is 5.88. The molecular formula is C18H25N3O3S. The van der Waals surface area contributed by atoms with E-state index >= 15 is 0 Å². The fourth-order valence-corrected chi connectivity index (χ4v) is 3.84. The number of ether oxygens (including phenoxy) is 2. The predicted octanol–water partition coefficient (Wildman–Crippen LogP) is 2.82. The van der Waals surface area contributed by atoms with Gasteiger partial charge in [-0.15, -0.1) is 11.3 Å². The molecule has 0 spiro atoms. The number of hydrogen-bond donors (Lipinski definition) is 1. The minimum atomic E-state index is -0.957. The molecular weight excluding hydrogens is 338 g/mol. The van der Waals surface area contributed by atoms with Crippen molar-refractivity contribution in [3.05, 3.63) is 34.2 Å². The van der Waals surface area contributed by atoms with E-state index < -0.39 is 5.60 Å². The quantitative estimate of drug-likeness (QED) is 0.816. The van der Waals surface area contributed by atoms with Crippen LogP contribution in [0.25, 0.3) is 0 Å². The minimum absolute atomic E-state index is 0.286. The highest BCUT2D eigenvalue weighted by Crippen LogP contribution is 2.38. The molecule has 2 aromatic heterocycles. The zero-order valence-electron chi connectivity index (χ0n) is 14.8. The predicted molar refractivity (Wildman–Crippen MR) is 97.1 cm³/mol. The SMILES string of the molecule is CCOc1ncc(C2(O)CCN(Cc3cccs3)CC2)c(OCC)n1. The first-order chi connectivity index (χ1) is 12.1. The van der Waals surface area contributed by atoms with Gasteiger partial charge in [-0.25, -0.2) is 4.98 Å². The van der Waals surface area contributed by atoms with E-state index in [2.05, 4.69) is 32.4 Å². The molecule has 6 nitrogen and oxygen atoms in total. The topological polar surface area (TPSA) is 67.7 Å². The largest absolute Gasteiger partial charge is 0.478 e. The second-order valence-corrected chi connectivity index (χ2v) is 7.16. The Hall–Kier alpha value is -1.70. The molecule has 0 amide bonds. The molecule has 0 saturated carbocycles. The molecule has 1 saturated heterocycles. The first-order valence-electron chi connectivity index (χ1n) is 8.75. The zero-order valence-corrected chi connectivity index (χ0v) is 15.6. The van der Waals surface area contributed by atoms with E-state index in [9.17, 15) is 5.11 Å².